The van der Waals surface area contributed by atoms with Gasteiger partial charge in [0.15, 0.2) is 4.77 Å². The van der Waals surface area contributed by atoms with Gasteiger partial charge in [-0.1, -0.05) is 12.1 Å². The lowest BCUT2D eigenvalue weighted by atomic mass is 9.88. The Morgan fingerprint density at radius 2 is 2.22 bits per heavy atom. The number of alkyl halides is 2. The van der Waals surface area contributed by atoms with Gasteiger partial charge in [0, 0.05) is 12.7 Å². The molecule has 1 aliphatic carbocycles. The standard InChI is InChI=1S/C14H14F2N4O2S/c1-20-10(18-19-11(20)23)14(15,16)13(5-6-13)8-3-2-4-9(7-8)17-12(21)22/h2-4,7,17H,5-6H2,1H3,(H,19,23)(H,21,22). The maximum atomic E-state index is 15.1. The first-order chi connectivity index (χ1) is 10.8. The molecule has 0 aliphatic heterocycles. The third-order valence-electron chi connectivity index (χ3n) is 4.18. The smallest absolute Gasteiger partial charge is 0.409 e. The van der Waals surface area contributed by atoms with E-state index in [4.69, 9.17) is 17.3 Å². The zero-order valence-corrected chi connectivity index (χ0v) is 13.0. The average Bonchev–Trinajstić information content (AvgIpc) is 3.22. The zero-order valence-electron chi connectivity index (χ0n) is 12.1. The molecule has 3 N–H and O–H groups in total. The van der Waals surface area contributed by atoms with Crippen molar-refractivity contribution in [2.75, 3.05) is 5.32 Å². The van der Waals surface area contributed by atoms with E-state index in [0.717, 1.165) is 4.57 Å². The Bertz CT molecular complexity index is 826. The molecule has 0 unspecified atom stereocenters. The molecule has 6 nitrogen and oxygen atoms in total. The molecule has 1 aliphatic rings. The van der Waals surface area contributed by atoms with Crippen molar-refractivity contribution in [3.8, 4) is 0 Å². The molecule has 122 valence electrons. The molecule has 1 fully saturated rings. The third kappa shape index (κ3) is 2.40. The van der Waals surface area contributed by atoms with Crippen LogP contribution in [0.15, 0.2) is 24.3 Å². The highest BCUT2D eigenvalue weighted by Gasteiger charge is 2.65. The van der Waals surface area contributed by atoms with E-state index in [1.807, 2.05) is 0 Å². The molecule has 0 radical (unpaired) electrons. The Morgan fingerprint density at radius 1 is 1.52 bits per heavy atom. The van der Waals surface area contributed by atoms with E-state index in [9.17, 15) is 4.79 Å². The zero-order chi connectivity index (χ0) is 16.8. The van der Waals surface area contributed by atoms with Gasteiger partial charge in [-0.3, -0.25) is 10.4 Å². The summed E-state index contributed by atoms with van der Waals surface area (Å²) in [4.78, 5) is 10.7. The number of carboxylic acid groups (broad SMARTS) is 1. The summed E-state index contributed by atoms with van der Waals surface area (Å²) in [6.45, 7) is 0. The van der Waals surface area contributed by atoms with Gasteiger partial charge in [-0.15, -0.1) is 0 Å². The van der Waals surface area contributed by atoms with Crippen LogP contribution in [0, 0.1) is 4.77 Å². The molecular formula is C14H14F2N4O2S. The van der Waals surface area contributed by atoms with Crippen molar-refractivity contribution in [1.82, 2.24) is 14.8 Å². The van der Waals surface area contributed by atoms with Gasteiger partial charge < -0.3 is 9.67 Å². The lowest BCUT2D eigenvalue weighted by Crippen LogP contribution is -2.34. The summed E-state index contributed by atoms with van der Waals surface area (Å²) in [5.41, 5.74) is -0.757. The highest BCUT2D eigenvalue weighted by Crippen LogP contribution is 2.62. The number of hydrogen-bond donors (Lipinski definition) is 3. The molecule has 1 heterocycles. The highest BCUT2D eigenvalue weighted by atomic mass is 32.1. The molecule has 1 saturated carbocycles. The molecule has 2 aromatic rings. The number of rotatable bonds is 4. The summed E-state index contributed by atoms with van der Waals surface area (Å²) in [5.74, 6) is -3.64. The summed E-state index contributed by atoms with van der Waals surface area (Å²) >= 11 is 4.91. The van der Waals surface area contributed by atoms with Gasteiger partial charge >= 0.3 is 12.0 Å². The van der Waals surface area contributed by atoms with Crippen LogP contribution in [0.4, 0.5) is 19.3 Å². The molecule has 0 atom stereocenters. The number of anilines is 1. The van der Waals surface area contributed by atoms with E-state index < -0.39 is 23.3 Å². The predicted molar refractivity (Wildman–Crippen MR) is 81.3 cm³/mol. The van der Waals surface area contributed by atoms with Gasteiger partial charge in [-0.05, 0) is 42.8 Å². The van der Waals surface area contributed by atoms with Crippen molar-refractivity contribution >= 4 is 24.0 Å². The second-order valence-electron chi connectivity index (χ2n) is 5.58. The number of nitrogens with zero attached hydrogens (tertiary/aromatic N) is 2. The fourth-order valence-electron chi connectivity index (χ4n) is 2.77. The predicted octanol–water partition coefficient (Wildman–Crippen LogP) is 3.39. The minimum Gasteiger partial charge on any atom is -0.465 e. The summed E-state index contributed by atoms with van der Waals surface area (Å²) in [5, 5.41) is 17.0. The maximum Gasteiger partial charge on any atom is 0.409 e. The lowest BCUT2D eigenvalue weighted by Gasteiger charge is -2.26. The quantitative estimate of drug-likeness (QED) is 0.745. The Kier molecular flexibility index (Phi) is 3.47. The topological polar surface area (TPSA) is 82.9 Å². The first kappa shape index (κ1) is 15.6. The molecule has 1 amide bonds. The van der Waals surface area contributed by atoms with Crippen LogP contribution in [0.1, 0.15) is 24.2 Å². The number of benzene rings is 1. The summed E-state index contributed by atoms with van der Waals surface area (Å²) in [7, 11) is 1.44. The van der Waals surface area contributed by atoms with Crippen LogP contribution in [0.25, 0.3) is 0 Å². The summed E-state index contributed by atoms with van der Waals surface area (Å²) in [6, 6.07) is 6.09. The Labute approximate surface area is 135 Å². The molecule has 0 spiro atoms. The fraction of sp³-hybridized carbons (Fsp3) is 0.357. The van der Waals surface area contributed by atoms with E-state index in [-0.39, 0.29) is 23.3 Å². The van der Waals surface area contributed by atoms with Crippen molar-refractivity contribution in [3.05, 3.63) is 40.4 Å². The van der Waals surface area contributed by atoms with Crippen LogP contribution >= 0.6 is 12.2 Å². The van der Waals surface area contributed by atoms with E-state index in [2.05, 4.69) is 15.5 Å². The normalized spacial score (nSPS) is 16.1. The Hall–Kier alpha value is -2.29. The van der Waals surface area contributed by atoms with Crippen LogP contribution in [-0.2, 0) is 18.4 Å². The third-order valence-corrected chi connectivity index (χ3v) is 4.54. The molecule has 1 aromatic carbocycles. The molecule has 0 bridgehead atoms. The lowest BCUT2D eigenvalue weighted by molar-refractivity contribution is -0.0575. The van der Waals surface area contributed by atoms with Crippen LogP contribution in [0.3, 0.4) is 0 Å². The summed E-state index contributed by atoms with van der Waals surface area (Å²) < 4.78 is 31.4. The SMILES string of the molecule is Cn1c(C(F)(F)C2(c3cccc(NC(=O)O)c3)CC2)n[nH]c1=S. The second-order valence-corrected chi connectivity index (χ2v) is 5.97. The van der Waals surface area contributed by atoms with Crippen molar-refractivity contribution in [2.24, 2.45) is 7.05 Å². The highest BCUT2D eigenvalue weighted by molar-refractivity contribution is 7.71. The minimum absolute atomic E-state index is 0.122. The molecular weight excluding hydrogens is 326 g/mol. The fourth-order valence-corrected chi connectivity index (χ4v) is 2.90. The number of aromatic amines is 1. The van der Waals surface area contributed by atoms with Crippen molar-refractivity contribution in [3.63, 3.8) is 0 Å². The van der Waals surface area contributed by atoms with Crippen molar-refractivity contribution in [1.29, 1.82) is 0 Å². The Morgan fingerprint density at radius 3 is 2.74 bits per heavy atom. The van der Waals surface area contributed by atoms with Gasteiger partial charge in [0.1, 0.15) is 0 Å². The van der Waals surface area contributed by atoms with E-state index >= 15 is 8.78 Å². The molecule has 3 rings (SSSR count). The second kappa shape index (κ2) is 5.12. The van der Waals surface area contributed by atoms with Crippen molar-refractivity contribution < 1.29 is 18.7 Å². The average molecular weight is 340 g/mol. The number of nitrogens with one attached hydrogen (secondary N) is 2. The van der Waals surface area contributed by atoms with E-state index in [1.165, 1.54) is 19.2 Å². The molecule has 0 saturated heterocycles. The number of H-pyrrole nitrogens is 1. The number of carbonyl (C=O) groups is 1. The van der Waals surface area contributed by atoms with Crippen LogP contribution in [-0.4, -0.2) is 26.0 Å². The van der Waals surface area contributed by atoms with Gasteiger partial charge in [0.25, 0.3) is 0 Å². The van der Waals surface area contributed by atoms with Gasteiger partial charge in [0.05, 0.1) is 5.41 Å². The van der Waals surface area contributed by atoms with Crippen molar-refractivity contribution in [2.45, 2.75) is 24.2 Å². The first-order valence-corrected chi connectivity index (χ1v) is 7.29. The van der Waals surface area contributed by atoms with Gasteiger partial charge in [-0.2, -0.15) is 13.9 Å². The monoisotopic (exact) mass is 340 g/mol. The minimum atomic E-state index is -3.23. The number of amides is 1. The molecule has 1 aromatic heterocycles. The summed E-state index contributed by atoms with van der Waals surface area (Å²) in [6.07, 6.45) is -0.667. The largest absolute Gasteiger partial charge is 0.465 e. The van der Waals surface area contributed by atoms with E-state index in [1.54, 1.807) is 12.1 Å². The molecule has 9 heteroatoms. The van der Waals surface area contributed by atoms with Gasteiger partial charge in [-0.25, -0.2) is 4.79 Å². The molecule has 23 heavy (non-hydrogen) atoms. The number of aromatic nitrogens is 3. The number of halogens is 2. The van der Waals surface area contributed by atoms with Crippen LogP contribution < -0.4 is 5.32 Å². The van der Waals surface area contributed by atoms with Crippen LogP contribution in [0.2, 0.25) is 0 Å². The number of hydrogen-bond acceptors (Lipinski definition) is 3. The van der Waals surface area contributed by atoms with E-state index in [0.29, 0.717) is 5.56 Å². The van der Waals surface area contributed by atoms with Gasteiger partial charge in [0.2, 0.25) is 5.82 Å². The Balaban J connectivity index is 2.03. The maximum absolute atomic E-state index is 15.1. The van der Waals surface area contributed by atoms with Crippen LogP contribution in [0.5, 0.6) is 0 Å². The first-order valence-electron chi connectivity index (χ1n) is 6.88.